The number of nitrogens with one attached hydrogen (secondary N) is 1. The molecule has 0 aliphatic rings. The number of carboxylic acids is 1. The summed E-state index contributed by atoms with van der Waals surface area (Å²) in [6.45, 7) is 1.73. The lowest BCUT2D eigenvalue weighted by Gasteiger charge is -2.24. The summed E-state index contributed by atoms with van der Waals surface area (Å²) in [5, 5.41) is 11.7. The van der Waals surface area contributed by atoms with Crippen LogP contribution < -0.4 is 10.2 Å². The molecular formula is C14H21N3O3. The lowest BCUT2D eigenvalue weighted by atomic mass is 10.2. The summed E-state index contributed by atoms with van der Waals surface area (Å²) in [6, 6.07) is 6.06. The number of hydrogen-bond donors (Lipinski definition) is 2. The molecule has 0 spiro atoms. The van der Waals surface area contributed by atoms with Crippen molar-refractivity contribution in [3.8, 4) is 0 Å². The largest absolute Gasteiger partial charge is 0.480 e. The fourth-order valence-corrected chi connectivity index (χ4v) is 1.81. The molecule has 0 aromatic heterocycles. The molecule has 1 rings (SSSR count). The second-order valence-corrected chi connectivity index (χ2v) is 4.74. The van der Waals surface area contributed by atoms with Crippen LogP contribution in [0.1, 0.15) is 13.3 Å². The van der Waals surface area contributed by atoms with Gasteiger partial charge >= 0.3 is 12.0 Å². The highest BCUT2D eigenvalue weighted by atomic mass is 16.4. The Morgan fingerprint density at radius 1 is 1.20 bits per heavy atom. The van der Waals surface area contributed by atoms with Gasteiger partial charge in [-0.2, -0.15) is 0 Å². The van der Waals surface area contributed by atoms with Crippen LogP contribution in [0, 0.1) is 0 Å². The number of nitrogens with zero attached hydrogens (tertiary/aromatic N) is 2. The SMILES string of the molecule is CCC(C(=O)O)N(C)C(=O)Nc1ccc(N(C)C)cc1. The monoisotopic (exact) mass is 279 g/mol. The molecule has 1 aromatic carbocycles. The topological polar surface area (TPSA) is 72.9 Å². The molecule has 0 saturated heterocycles. The van der Waals surface area contributed by atoms with Gasteiger partial charge in [-0.1, -0.05) is 6.92 Å². The zero-order valence-electron chi connectivity index (χ0n) is 12.3. The molecule has 6 nitrogen and oxygen atoms in total. The van der Waals surface area contributed by atoms with E-state index in [0.717, 1.165) is 5.69 Å². The molecular weight excluding hydrogens is 258 g/mol. The molecule has 0 bridgehead atoms. The normalized spacial score (nSPS) is 11.6. The third-order valence-corrected chi connectivity index (χ3v) is 3.09. The van der Waals surface area contributed by atoms with Crippen LogP contribution in [0.5, 0.6) is 0 Å². The average molecular weight is 279 g/mol. The Morgan fingerprint density at radius 2 is 1.75 bits per heavy atom. The second-order valence-electron chi connectivity index (χ2n) is 4.74. The van der Waals surface area contributed by atoms with Crippen molar-refractivity contribution in [2.45, 2.75) is 19.4 Å². The van der Waals surface area contributed by atoms with Gasteiger partial charge in [-0.15, -0.1) is 0 Å². The minimum atomic E-state index is -1.01. The molecule has 20 heavy (non-hydrogen) atoms. The minimum Gasteiger partial charge on any atom is -0.480 e. The fourth-order valence-electron chi connectivity index (χ4n) is 1.81. The third kappa shape index (κ3) is 3.88. The molecule has 2 N–H and O–H groups in total. The van der Waals surface area contributed by atoms with Gasteiger partial charge in [0.05, 0.1) is 0 Å². The van der Waals surface area contributed by atoms with E-state index in [1.165, 1.54) is 11.9 Å². The molecule has 2 amide bonds. The lowest BCUT2D eigenvalue weighted by Crippen LogP contribution is -2.44. The van der Waals surface area contributed by atoms with E-state index >= 15 is 0 Å². The number of amides is 2. The molecule has 6 heteroatoms. The highest BCUT2D eigenvalue weighted by Crippen LogP contribution is 2.16. The first-order valence-electron chi connectivity index (χ1n) is 6.40. The lowest BCUT2D eigenvalue weighted by molar-refractivity contribution is -0.141. The smallest absolute Gasteiger partial charge is 0.326 e. The van der Waals surface area contributed by atoms with Gasteiger partial charge in [0.15, 0.2) is 0 Å². The predicted molar refractivity (Wildman–Crippen MR) is 79.3 cm³/mol. The van der Waals surface area contributed by atoms with Crippen molar-refractivity contribution < 1.29 is 14.7 Å². The van der Waals surface area contributed by atoms with Gasteiger partial charge in [0.2, 0.25) is 0 Å². The van der Waals surface area contributed by atoms with E-state index in [2.05, 4.69) is 5.32 Å². The van der Waals surface area contributed by atoms with Gasteiger partial charge < -0.3 is 20.2 Å². The van der Waals surface area contributed by atoms with Gasteiger partial charge in [0, 0.05) is 32.5 Å². The van der Waals surface area contributed by atoms with E-state index in [4.69, 9.17) is 5.11 Å². The van der Waals surface area contributed by atoms with E-state index in [-0.39, 0.29) is 0 Å². The average Bonchev–Trinajstić information content (AvgIpc) is 2.39. The first kappa shape index (κ1) is 15.8. The summed E-state index contributed by atoms with van der Waals surface area (Å²) < 4.78 is 0. The van der Waals surface area contributed by atoms with Gasteiger partial charge in [0.25, 0.3) is 0 Å². The third-order valence-electron chi connectivity index (χ3n) is 3.09. The number of hydrogen-bond acceptors (Lipinski definition) is 3. The number of aliphatic carboxylic acids is 1. The molecule has 0 aliphatic carbocycles. The Labute approximate surface area is 119 Å². The number of benzene rings is 1. The highest BCUT2D eigenvalue weighted by molar-refractivity contribution is 5.92. The zero-order chi connectivity index (χ0) is 15.3. The van der Waals surface area contributed by atoms with Crippen LogP contribution in [-0.2, 0) is 4.79 Å². The minimum absolute atomic E-state index is 0.360. The van der Waals surface area contributed by atoms with Crippen LogP contribution in [0.2, 0.25) is 0 Å². The first-order chi connectivity index (χ1) is 9.36. The van der Waals surface area contributed by atoms with Crippen LogP contribution in [0.4, 0.5) is 16.2 Å². The standard InChI is InChI=1S/C14H21N3O3/c1-5-12(13(18)19)17(4)14(20)15-10-6-8-11(9-7-10)16(2)3/h6-9,12H,5H2,1-4H3,(H,15,20)(H,18,19). The second kappa shape index (κ2) is 6.79. The van der Waals surface area contributed by atoms with Gasteiger partial charge in [0.1, 0.15) is 6.04 Å². The van der Waals surface area contributed by atoms with Gasteiger partial charge in [-0.25, -0.2) is 9.59 Å². The van der Waals surface area contributed by atoms with E-state index in [1.807, 2.05) is 31.1 Å². The summed E-state index contributed by atoms with van der Waals surface area (Å²) in [7, 11) is 5.34. The molecule has 1 unspecified atom stereocenters. The Hall–Kier alpha value is -2.24. The highest BCUT2D eigenvalue weighted by Gasteiger charge is 2.24. The molecule has 1 atom stereocenters. The maximum absolute atomic E-state index is 12.0. The number of carboxylic acid groups (broad SMARTS) is 1. The zero-order valence-corrected chi connectivity index (χ0v) is 12.3. The predicted octanol–water partition coefficient (Wildman–Crippen LogP) is 2.08. The molecule has 0 heterocycles. The van der Waals surface area contributed by atoms with Crippen LogP contribution in [0.3, 0.4) is 0 Å². The number of urea groups is 1. The van der Waals surface area contributed by atoms with E-state index in [1.54, 1.807) is 19.1 Å². The molecule has 0 fully saturated rings. The van der Waals surface area contributed by atoms with Crippen LogP contribution in [0.25, 0.3) is 0 Å². The van der Waals surface area contributed by atoms with Gasteiger partial charge in [-0.3, -0.25) is 0 Å². The maximum atomic E-state index is 12.0. The summed E-state index contributed by atoms with van der Waals surface area (Å²) in [6.07, 6.45) is 0.360. The first-order valence-corrected chi connectivity index (χ1v) is 6.40. The summed E-state index contributed by atoms with van der Waals surface area (Å²) >= 11 is 0. The number of rotatable bonds is 5. The number of carbonyl (C=O) groups excluding carboxylic acids is 1. The quantitative estimate of drug-likeness (QED) is 0.865. The van der Waals surface area contributed by atoms with E-state index < -0.39 is 18.0 Å². The van der Waals surface area contributed by atoms with E-state index in [9.17, 15) is 9.59 Å². The molecule has 0 aliphatic heterocycles. The Bertz CT molecular complexity index is 471. The van der Waals surface area contributed by atoms with Crippen molar-refractivity contribution in [3.05, 3.63) is 24.3 Å². The fraction of sp³-hybridized carbons (Fsp3) is 0.429. The number of anilines is 2. The number of likely N-dealkylation sites (N-methyl/N-ethyl adjacent to an activating group) is 1. The molecule has 1 aromatic rings. The van der Waals surface area contributed by atoms with Crippen molar-refractivity contribution in [1.82, 2.24) is 4.90 Å². The molecule has 0 saturated carbocycles. The number of carbonyl (C=O) groups is 2. The summed E-state index contributed by atoms with van der Waals surface area (Å²) in [4.78, 5) is 26.1. The van der Waals surface area contributed by atoms with Gasteiger partial charge in [-0.05, 0) is 30.7 Å². The Kier molecular flexibility index (Phi) is 5.37. The Balaban J connectivity index is 2.72. The van der Waals surface area contributed by atoms with Crippen LogP contribution in [-0.4, -0.2) is 49.2 Å². The van der Waals surface area contributed by atoms with Crippen molar-refractivity contribution in [2.75, 3.05) is 31.4 Å². The molecule has 110 valence electrons. The molecule has 0 radical (unpaired) electrons. The Morgan fingerprint density at radius 3 is 2.15 bits per heavy atom. The van der Waals surface area contributed by atoms with Crippen LogP contribution >= 0.6 is 0 Å². The van der Waals surface area contributed by atoms with Crippen molar-refractivity contribution in [1.29, 1.82) is 0 Å². The van der Waals surface area contributed by atoms with Crippen molar-refractivity contribution in [3.63, 3.8) is 0 Å². The summed E-state index contributed by atoms with van der Waals surface area (Å²) in [5.41, 5.74) is 1.65. The van der Waals surface area contributed by atoms with Crippen molar-refractivity contribution in [2.24, 2.45) is 0 Å². The van der Waals surface area contributed by atoms with Crippen LogP contribution in [0.15, 0.2) is 24.3 Å². The maximum Gasteiger partial charge on any atom is 0.326 e. The van der Waals surface area contributed by atoms with Crippen molar-refractivity contribution >= 4 is 23.4 Å². The summed E-state index contributed by atoms with van der Waals surface area (Å²) in [5.74, 6) is -1.01. The van der Waals surface area contributed by atoms with E-state index in [0.29, 0.717) is 12.1 Å².